The molecule has 0 spiro atoms. The predicted octanol–water partition coefficient (Wildman–Crippen LogP) is 4.11. The third-order valence-corrected chi connectivity index (χ3v) is 4.23. The molecule has 2 rings (SSSR count). The highest BCUT2D eigenvalue weighted by molar-refractivity contribution is 9.11. The highest BCUT2D eigenvalue weighted by Gasteiger charge is 2.10. The van der Waals surface area contributed by atoms with E-state index in [9.17, 15) is 4.79 Å². The molecular weight excluding hydrogens is 368 g/mol. The molecule has 0 aliphatic heterocycles. The summed E-state index contributed by atoms with van der Waals surface area (Å²) in [7, 11) is 0. The van der Waals surface area contributed by atoms with Crippen LogP contribution in [0.15, 0.2) is 37.9 Å². The van der Waals surface area contributed by atoms with Crippen LogP contribution in [0.5, 0.6) is 0 Å². The van der Waals surface area contributed by atoms with Crippen molar-refractivity contribution in [2.75, 3.05) is 11.1 Å². The normalized spacial score (nSPS) is 10.2. The molecule has 3 N–H and O–H groups in total. The minimum Gasteiger partial charge on any atom is -0.399 e. The highest BCUT2D eigenvalue weighted by atomic mass is 79.9. The van der Waals surface area contributed by atoms with Crippen molar-refractivity contribution in [3.63, 3.8) is 0 Å². The Kier molecular flexibility index (Phi) is 3.86. The summed E-state index contributed by atoms with van der Waals surface area (Å²) in [4.78, 5) is 11.9. The molecule has 1 aromatic carbocycles. The van der Waals surface area contributed by atoms with Crippen LogP contribution in [0.3, 0.4) is 0 Å². The summed E-state index contributed by atoms with van der Waals surface area (Å²) in [5.41, 5.74) is 7.60. The van der Waals surface area contributed by atoms with Gasteiger partial charge in [-0.15, -0.1) is 11.3 Å². The van der Waals surface area contributed by atoms with Crippen molar-refractivity contribution in [3.8, 4) is 0 Å². The minimum absolute atomic E-state index is 0.141. The van der Waals surface area contributed by atoms with Crippen LogP contribution in [-0.4, -0.2) is 5.91 Å². The van der Waals surface area contributed by atoms with Gasteiger partial charge in [0, 0.05) is 15.5 Å². The van der Waals surface area contributed by atoms with Crippen molar-refractivity contribution in [1.29, 1.82) is 0 Å². The summed E-state index contributed by atoms with van der Waals surface area (Å²) < 4.78 is 1.69. The van der Waals surface area contributed by atoms with Crippen molar-refractivity contribution < 1.29 is 4.79 Å². The molecule has 0 aliphatic carbocycles. The summed E-state index contributed by atoms with van der Waals surface area (Å²) in [6, 6.07) is 7.03. The summed E-state index contributed by atoms with van der Waals surface area (Å²) in [5, 5.41) is 4.61. The number of nitrogens with two attached hydrogens (primary N) is 1. The predicted molar refractivity (Wildman–Crippen MR) is 78.5 cm³/mol. The van der Waals surface area contributed by atoms with Gasteiger partial charge in [0.15, 0.2) is 0 Å². The molecule has 6 heteroatoms. The number of carbonyl (C=O) groups excluding carboxylic acids is 1. The fourth-order valence-corrected chi connectivity index (χ4v) is 2.89. The quantitative estimate of drug-likeness (QED) is 0.776. The first kappa shape index (κ1) is 12.6. The second kappa shape index (κ2) is 5.20. The lowest BCUT2D eigenvalue weighted by molar-refractivity contribution is 0.102. The number of halogens is 2. The second-order valence-corrected chi connectivity index (χ2v) is 6.48. The average Bonchev–Trinajstić information content (AvgIpc) is 2.69. The number of rotatable bonds is 2. The van der Waals surface area contributed by atoms with Crippen LogP contribution in [0, 0.1) is 0 Å². The molecule has 1 heterocycles. The Hall–Kier alpha value is -0.850. The molecule has 1 aromatic heterocycles. The number of nitrogens with one attached hydrogen (secondary N) is 1. The van der Waals surface area contributed by atoms with Crippen LogP contribution in [-0.2, 0) is 0 Å². The van der Waals surface area contributed by atoms with E-state index in [0.717, 1.165) is 8.26 Å². The van der Waals surface area contributed by atoms with Crippen molar-refractivity contribution in [3.05, 3.63) is 43.5 Å². The van der Waals surface area contributed by atoms with Crippen molar-refractivity contribution in [2.24, 2.45) is 0 Å². The molecule has 0 saturated carbocycles. The summed E-state index contributed by atoms with van der Waals surface area (Å²) in [5.74, 6) is -0.141. The van der Waals surface area contributed by atoms with Gasteiger partial charge in [0.25, 0.3) is 5.91 Å². The van der Waals surface area contributed by atoms with E-state index in [-0.39, 0.29) is 5.91 Å². The summed E-state index contributed by atoms with van der Waals surface area (Å²) in [6.45, 7) is 0. The number of carbonyl (C=O) groups is 1. The third kappa shape index (κ3) is 3.08. The van der Waals surface area contributed by atoms with Crippen LogP contribution >= 0.6 is 43.2 Å². The first-order chi connectivity index (χ1) is 8.06. The molecule has 88 valence electrons. The molecule has 2 aromatic rings. The van der Waals surface area contributed by atoms with Gasteiger partial charge in [0.05, 0.1) is 15.0 Å². The first-order valence-corrected chi connectivity index (χ1v) is 7.13. The molecule has 0 bridgehead atoms. The van der Waals surface area contributed by atoms with Gasteiger partial charge >= 0.3 is 0 Å². The highest BCUT2D eigenvalue weighted by Crippen LogP contribution is 2.26. The summed E-state index contributed by atoms with van der Waals surface area (Å²) in [6.07, 6.45) is 0. The summed E-state index contributed by atoms with van der Waals surface area (Å²) >= 11 is 8.15. The fourth-order valence-electron chi connectivity index (χ4n) is 1.26. The molecule has 0 saturated heterocycles. The number of benzene rings is 1. The second-order valence-electron chi connectivity index (χ2n) is 3.33. The monoisotopic (exact) mass is 374 g/mol. The molecule has 1 amide bonds. The largest absolute Gasteiger partial charge is 0.399 e. The lowest BCUT2D eigenvalue weighted by Crippen LogP contribution is -2.11. The average molecular weight is 376 g/mol. The van der Waals surface area contributed by atoms with E-state index >= 15 is 0 Å². The number of hydrogen-bond donors (Lipinski definition) is 2. The van der Waals surface area contributed by atoms with E-state index in [0.29, 0.717) is 16.9 Å². The Morgan fingerprint density at radius 3 is 2.65 bits per heavy atom. The van der Waals surface area contributed by atoms with E-state index in [1.165, 1.54) is 11.3 Å². The zero-order chi connectivity index (χ0) is 12.4. The van der Waals surface area contributed by atoms with Gasteiger partial charge < -0.3 is 11.1 Å². The molecular formula is C11H8Br2N2OS. The molecule has 0 atom stereocenters. The fraction of sp³-hybridized carbons (Fsp3) is 0. The van der Waals surface area contributed by atoms with Crippen LogP contribution in [0.4, 0.5) is 11.4 Å². The number of amides is 1. The molecule has 0 aliphatic rings. The molecule has 3 nitrogen and oxygen atoms in total. The number of thiophene rings is 1. The SMILES string of the molecule is Nc1ccc(NC(=O)c2csc(Br)c2)c(Br)c1. The van der Waals surface area contributed by atoms with E-state index < -0.39 is 0 Å². The number of hydrogen-bond acceptors (Lipinski definition) is 3. The zero-order valence-corrected chi connectivity index (χ0v) is 12.5. The number of anilines is 2. The Balaban J connectivity index is 2.18. The van der Waals surface area contributed by atoms with Gasteiger partial charge in [0.1, 0.15) is 0 Å². The van der Waals surface area contributed by atoms with Gasteiger partial charge in [-0.25, -0.2) is 0 Å². The molecule has 17 heavy (non-hydrogen) atoms. The standard InChI is InChI=1S/C11H8Br2N2OS/c12-8-4-7(14)1-2-9(8)15-11(16)6-3-10(13)17-5-6/h1-5H,14H2,(H,15,16). The van der Waals surface area contributed by atoms with E-state index in [1.807, 2.05) is 0 Å². The third-order valence-electron chi connectivity index (χ3n) is 2.07. The van der Waals surface area contributed by atoms with Crippen LogP contribution in [0.25, 0.3) is 0 Å². The molecule has 0 unspecified atom stereocenters. The van der Waals surface area contributed by atoms with E-state index in [4.69, 9.17) is 5.73 Å². The molecule has 0 radical (unpaired) electrons. The van der Waals surface area contributed by atoms with Crippen molar-refractivity contribution >= 4 is 60.5 Å². The lowest BCUT2D eigenvalue weighted by atomic mass is 10.2. The van der Waals surface area contributed by atoms with Gasteiger partial charge in [-0.2, -0.15) is 0 Å². The molecule has 0 fully saturated rings. The van der Waals surface area contributed by atoms with E-state index in [1.54, 1.807) is 29.6 Å². The van der Waals surface area contributed by atoms with Gasteiger partial charge in [0.2, 0.25) is 0 Å². The van der Waals surface area contributed by atoms with Gasteiger partial charge in [-0.1, -0.05) is 0 Å². The zero-order valence-electron chi connectivity index (χ0n) is 8.54. The lowest BCUT2D eigenvalue weighted by Gasteiger charge is -2.06. The maximum atomic E-state index is 11.9. The Morgan fingerprint density at radius 1 is 1.29 bits per heavy atom. The Morgan fingerprint density at radius 2 is 2.06 bits per heavy atom. The van der Waals surface area contributed by atoms with Crippen LogP contribution < -0.4 is 11.1 Å². The topological polar surface area (TPSA) is 55.1 Å². The Labute approximate surface area is 119 Å². The van der Waals surface area contributed by atoms with Crippen LogP contribution in [0.2, 0.25) is 0 Å². The minimum atomic E-state index is -0.141. The Bertz CT molecular complexity index is 568. The maximum absolute atomic E-state index is 11.9. The number of nitrogen functional groups attached to an aromatic ring is 1. The smallest absolute Gasteiger partial charge is 0.256 e. The first-order valence-electron chi connectivity index (χ1n) is 4.66. The van der Waals surface area contributed by atoms with Gasteiger partial charge in [-0.05, 0) is 56.1 Å². The van der Waals surface area contributed by atoms with Gasteiger partial charge in [-0.3, -0.25) is 4.79 Å². The van der Waals surface area contributed by atoms with Crippen molar-refractivity contribution in [2.45, 2.75) is 0 Å². The van der Waals surface area contributed by atoms with Crippen LogP contribution in [0.1, 0.15) is 10.4 Å². The van der Waals surface area contributed by atoms with E-state index in [2.05, 4.69) is 37.2 Å². The maximum Gasteiger partial charge on any atom is 0.256 e. The van der Waals surface area contributed by atoms with Crippen molar-refractivity contribution in [1.82, 2.24) is 0 Å².